The third-order valence-electron chi connectivity index (χ3n) is 2.39. The van der Waals surface area contributed by atoms with Crippen molar-refractivity contribution in [3.05, 3.63) is 52.7 Å². The molecule has 0 atom stereocenters. The quantitative estimate of drug-likeness (QED) is 0.895. The van der Waals surface area contributed by atoms with Gasteiger partial charge in [-0.25, -0.2) is 4.98 Å². The van der Waals surface area contributed by atoms with Crippen LogP contribution < -0.4 is 5.32 Å². The molecule has 1 heterocycles. The number of nitriles is 1. The molecule has 7 heteroatoms. The van der Waals surface area contributed by atoms with Crippen LogP contribution in [0.4, 0.5) is 24.7 Å². The summed E-state index contributed by atoms with van der Waals surface area (Å²) in [6.07, 6.45) is -3.16. The van der Waals surface area contributed by atoms with Gasteiger partial charge in [0, 0.05) is 16.9 Å². The number of benzene rings is 1. The molecule has 1 N–H and O–H groups in total. The third-order valence-corrected chi connectivity index (χ3v) is 2.61. The highest BCUT2D eigenvalue weighted by atomic mass is 35.5. The first-order valence-corrected chi connectivity index (χ1v) is 5.77. The van der Waals surface area contributed by atoms with Gasteiger partial charge in [-0.15, -0.1) is 0 Å². The lowest BCUT2D eigenvalue weighted by Gasteiger charge is -2.11. The molecule has 0 aliphatic carbocycles. The van der Waals surface area contributed by atoms with Gasteiger partial charge in [-0.2, -0.15) is 18.4 Å². The number of nitrogens with zero attached hydrogens (tertiary/aromatic N) is 2. The number of anilines is 2. The molecule has 2 aromatic rings. The van der Waals surface area contributed by atoms with Gasteiger partial charge in [-0.05, 0) is 30.3 Å². The summed E-state index contributed by atoms with van der Waals surface area (Å²) in [6, 6.07) is 8.03. The minimum atomic E-state index is -4.47. The summed E-state index contributed by atoms with van der Waals surface area (Å²) in [6.45, 7) is 0. The molecule has 0 aliphatic rings. The summed E-state index contributed by atoms with van der Waals surface area (Å²) in [5.74, 6) is 0.319. The summed E-state index contributed by atoms with van der Waals surface area (Å²) in [7, 11) is 0. The van der Waals surface area contributed by atoms with Crippen molar-refractivity contribution in [2.24, 2.45) is 0 Å². The van der Waals surface area contributed by atoms with E-state index in [1.54, 1.807) is 0 Å². The topological polar surface area (TPSA) is 48.7 Å². The van der Waals surface area contributed by atoms with Crippen molar-refractivity contribution in [3.8, 4) is 6.07 Å². The van der Waals surface area contributed by atoms with Crippen LogP contribution in [0.25, 0.3) is 0 Å². The number of aromatic nitrogens is 1. The first-order chi connectivity index (χ1) is 9.38. The number of nitrogens with one attached hydrogen (secondary N) is 1. The van der Waals surface area contributed by atoms with Gasteiger partial charge < -0.3 is 5.32 Å². The highest BCUT2D eigenvalue weighted by Gasteiger charge is 2.31. The Bertz CT molecular complexity index is 660. The van der Waals surface area contributed by atoms with E-state index in [4.69, 9.17) is 16.9 Å². The number of halogens is 4. The molecule has 0 bridgehead atoms. The molecular weight excluding hydrogens is 291 g/mol. The molecule has 0 saturated heterocycles. The SMILES string of the molecule is N#Cc1ccc(Nc2cc(Cl)cc(C(F)(F)F)c2)nc1. The Kier molecular flexibility index (Phi) is 3.81. The Morgan fingerprint density at radius 2 is 1.95 bits per heavy atom. The van der Waals surface area contributed by atoms with Gasteiger partial charge in [0.05, 0.1) is 11.1 Å². The maximum atomic E-state index is 12.6. The van der Waals surface area contributed by atoms with Crippen molar-refractivity contribution in [1.82, 2.24) is 4.98 Å². The number of hydrogen-bond donors (Lipinski definition) is 1. The molecule has 3 nitrogen and oxygen atoms in total. The van der Waals surface area contributed by atoms with Gasteiger partial charge in [-0.1, -0.05) is 11.6 Å². The molecule has 102 valence electrons. The molecule has 0 amide bonds. The summed E-state index contributed by atoms with van der Waals surface area (Å²) >= 11 is 5.67. The Hall–Kier alpha value is -2.26. The zero-order valence-corrected chi connectivity index (χ0v) is 10.6. The second kappa shape index (κ2) is 5.39. The van der Waals surface area contributed by atoms with E-state index in [0.717, 1.165) is 12.1 Å². The Balaban J connectivity index is 2.29. The van der Waals surface area contributed by atoms with Crippen LogP contribution in [-0.2, 0) is 6.18 Å². The summed E-state index contributed by atoms with van der Waals surface area (Å²) in [5.41, 5.74) is -0.319. The second-order valence-electron chi connectivity index (χ2n) is 3.90. The summed E-state index contributed by atoms with van der Waals surface area (Å²) < 4.78 is 37.9. The van der Waals surface area contributed by atoms with E-state index in [-0.39, 0.29) is 10.7 Å². The predicted octanol–water partition coefficient (Wildman–Crippen LogP) is 4.37. The van der Waals surface area contributed by atoms with Crippen LogP contribution in [0.5, 0.6) is 0 Å². The molecule has 0 fully saturated rings. The van der Waals surface area contributed by atoms with Crippen LogP contribution in [0, 0.1) is 11.3 Å². The Morgan fingerprint density at radius 3 is 2.50 bits per heavy atom. The third kappa shape index (κ3) is 3.39. The van der Waals surface area contributed by atoms with Crippen LogP contribution >= 0.6 is 11.6 Å². The first kappa shape index (κ1) is 14.2. The van der Waals surface area contributed by atoms with Crippen LogP contribution in [0.3, 0.4) is 0 Å². The standard InChI is InChI=1S/C13H7ClF3N3/c14-10-3-9(13(15,16)17)4-11(5-10)20-12-2-1-8(6-18)7-19-12/h1-5,7H,(H,19,20). The fourth-order valence-electron chi connectivity index (χ4n) is 1.51. The van der Waals surface area contributed by atoms with Crippen molar-refractivity contribution >= 4 is 23.1 Å². The second-order valence-corrected chi connectivity index (χ2v) is 4.33. The first-order valence-electron chi connectivity index (χ1n) is 5.39. The van der Waals surface area contributed by atoms with Crippen LogP contribution in [0.1, 0.15) is 11.1 Å². The van der Waals surface area contributed by atoms with Gasteiger partial charge >= 0.3 is 6.18 Å². The molecule has 1 aromatic heterocycles. The highest BCUT2D eigenvalue weighted by molar-refractivity contribution is 6.31. The van der Waals surface area contributed by atoms with Crippen molar-refractivity contribution in [2.45, 2.75) is 6.18 Å². The minimum Gasteiger partial charge on any atom is -0.340 e. The van der Waals surface area contributed by atoms with Gasteiger partial charge in [0.1, 0.15) is 11.9 Å². The molecular formula is C13H7ClF3N3. The lowest BCUT2D eigenvalue weighted by atomic mass is 10.2. The van der Waals surface area contributed by atoms with Crippen molar-refractivity contribution < 1.29 is 13.2 Å². The monoisotopic (exact) mass is 297 g/mol. The number of alkyl halides is 3. The predicted molar refractivity (Wildman–Crippen MR) is 68.7 cm³/mol. The van der Waals surface area contributed by atoms with E-state index in [2.05, 4.69) is 10.3 Å². The van der Waals surface area contributed by atoms with E-state index in [1.807, 2.05) is 6.07 Å². The van der Waals surface area contributed by atoms with Crippen LogP contribution in [0.15, 0.2) is 36.5 Å². The molecule has 0 saturated carbocycles. The van der Waals surface area contributed by atoms with Crippen LogP contribution in [-0.4, -0.2) is 4.98 Å². The van der Waals surface area contributed by atoms with Crippen molar-refractivity contribution in [3.63, 3.8) is 0 Å². The molecule has 0 unspecified atom stereocenters. The van der Waals surface area contributed by atoms with Gasteiger partial charge in [0.25, 0.3) is 0 Å². The number of hydrogen-bond acceptors (Lipinski definition) is 3. The lowest BCUT2D eigenvalue weighted by Crippen LogP contribution is -2.05. The van der Waals surface area contributed by atoms with E-state index < -0.39 is 11.7 Å². The van der Waals surface area contributed by atoms with Gasteiger partial charge in [0.2, 0.25) is 0 Å². The summed E-state index contributed by atoms with van der Waals surface area (Å²) in [5, 5.41) is 11.3. The fourth-order valence-corrected chi connectivity index (χ4v) is 1.74. The van der Waals surface area contributed by atoms with E-state index in [0.29, 0.717) is 11.4 Å². The lowest BCUT2D eigenvalue weighted by molar-refractivity contribution is -0.137. The normalized spacial score (nSPS) is 10.9. The average molecular weight is 298 g/mol. The highest BCUT2D eigenvalue weighted by Crippen LogP contribution is 2.33. The van der Waals surface area contributed by atoms with Crippen LogP contribution in [0.2, 0.25) is 5.02 Å². The van der Waals surface area contributed by atoms with Crippen molar-refractivity contribution in [2.75, 3.05) is 5.32 Å². The zero-order chi connectivity index (χ0) is 14.8. The number of rotatable bonds is 2. The zero-order valence-electron chi connectivity index (χ0n) is 9.87. The maximum absolute atomic E-state index is 12.6. The molecule has 0 radical (unpaired) electrons. The number of pyridine rings is 1. The summed E-state index contributed by atoms with van der Waals surface area (Å²) in [4.78, 5) is 3.91. The molecule has 0 aliphatic heterocycles. The van der Waals surface area contributed by atoms with Gasteiger partial charge in [0.15, 0.2) is 0 Å². The van der Waals surface area contributed by atoms with Crippen molar-refractivity contribution in [1.29, 1.82) is 5.26 Å². The molecule has 20 heavy (non-hydrogen) atoms. The molecule has 1 aromatic carbocycles. The fraction of sp³-hybridized carbons (Fsp3) is 0.0769. The maximum Gasteiger partial charge on any atom is 0.416 e. The molecule has 2 rings (SSSR count). The van der Waals surface area contributed by atoms with Gasteiger partial charge in [-0.3, -0.25) is 0 Å². The largest absolute Gasteiger partial charge is 0.416 e. The smallest absolute Gasteiger partial charge is 0.340 e. The van der Waals surface area contributed by atoms with E-state index >= 15 is 0 Å². The molecule has 0 spiro atoms. The Morgan fingerprint density at radius 1 is 1.20 bits per heavy atom. The van der Waals surface area contributed by atoms with E-state index in [9.17, 15) is 13.2 Å². The van der Waals surface area contributed by atoms with E-state index in [1.165, 1.54) is 24.4 Å². The Labute approximate surface area is 117 Å². The average Bonchev–Trinajstić information content (AvgIpc) is 2.38. The minimum absolute atomic E-state index is 0.0315.